The molecule has 27 heavy (non-hydrogen) atoms. The zero-order valence-corrected chi connectivity index (χ0v) is 16.2. The van der Waals surface area contributed by atoms with Gasteiger partial charge in [-0.05, 0) is 48.2 Å². The van der Waals surface area contributed by atoms with Gasteiger partial charge in [0, 0.05) is 23.4 Å². The molecule has 2 aromatic carbocycles. The summed E-state index contributed by atoms with van der Waals surface area (Å²) in [5.41, 5.74) is 1.93. The van der Waals surface area contributed by atoms with Gasteiger partial charge in [0.2, 0.25) is 0 Å². The largest absolute Gasteiger partial charge is 0.497 e. The molecule has 1 saturated heterocycles. The lowest BCUT2D eigenvalue weighted by Crippen LogP contribution is -2.56. The summed E-state index contributed by atoms with van der Waals surface area (Å²) in [4.78, 5) is 13.5. The van der Waals surface area contributed by atoms with Crippen LogP contribution in [0.25, 0.3) is 0 Å². The van der Waals surface area contributed by atoms with Crippen molar-refractivity contribution >= 4 is 5.78 Å². The number of nitrogens with one attached hydrogen (secondary N) is 1. The van der Waals surface area contributed by atoms with E-state index in [1.54, 1.807) is 14.2 Å². The number of rotatable bonds is 4. The average molecular weight is 365 g/mol. The summed E-state index contributed by atoms with van der Waals surface area (Å²) in [6.45, 7) is 2.13. The molecule has 2 aliphatic rings. The Bertz CT molecular complexity index is 815. The van der Waals surface area contributed by atoms with Crippen LogP contribution in [0.4, 0.5) is 0 Å². The van der Waals surface area contributed by atoms with Crippen molar-refractivity contribution in [3.63, 3.8) is 0 Å². The second-order valence-corrected chi connectivity index (χ2v) is 7.90. The van der Waals surface area contributed by atoms with Gasteiger partial charge in [-0.15, -0.1) is 0 Å². The molecular formula is C23H27NO3. The average Bonchev–Trinajstić information content (AvgIpc) is 2.70. The van der Waals surface area contributed by atoms with Crippen molar-refractivity contribution in [2.75, 3.05) is 14.2 Å². The predicted octanol–water partition coefficient (Wildman–Crippen LogP) is 4.46. The molecule has 0 unspecified atom stereocenters. The fraction of sp³-hybridized carbons (Fsp3) is 0.435. The molecule has 4 atom stereocenters. The number of benzene rings is 2. The SMILES string of the molecule is COc1ccc([C@H]2N[C@@H](c3ccc(OC)cc3)[C@H]3CCC[C@]2(C)C3=O)cc1. The van der Waals surface area contributed by atoms with Crippen LogP contribution in [0.2, 0.25) is 0 Å². The molecule has 4 rings (SSSR count). The minimum absolute atomic E-state index is 0.000409. The Morgan fingerprint density at radius 2 is 1.48 bits per heavy atom. The van der Waals surface area contributed by atoms with E-state index in [0.717, 1.165) is 41.9 Å². The van der Waals surface area contributed by atoms with Crippen molar-refractivity contribution in [1.82, 2.24) is 5.32 Å². The van der Waals surface area contributed by atoms with Gasteiger partial charge in [-0.3, -0.25) is 4.79 Å². The van der Waals surface area contributed by atoms with E-state index < -0.39 is 0 Å². The highest BCUT2D eigenvalue weighted by Crippen LogP contribution is 2.53. The Kier molecular flexibility index (Phi) is 4.68. The number of fused-ring (bicyclic) bond motifs is 2. The molecule has 1 aliphatic heterocycles. The zero-order valence-electron chi connectivity index (χ0n) is 16.2. The Morgan fingerprint density at radius 1 is 0.926 bits per heavy atom. The number of carbonyl (C=O) groups excluding carboxylic acids is 1. The molecule has 2 aromatic rings. The molecule has 1 saturated carbocycles. The summed E-state index contributed by atoms with van der Waals surface area (Å²) in [6, 6.07) is 16.2. The van der Waals surface area contributed by atoms with Crippen LogP contribution in [0.15, 0.2) is 48.5 Å². The fourth-order valence-corrected chi connectivity index (χ4v) is 4.85. The number of Topliss-reactive ketones (excluding diaryl/α,β-unsaturated/α-hetero) is 1. The van der Waals surface area contributed by atoms with Crippen LogP contribution < -0.4 is 14.8 Å². The van der Waals surface area contributed by atoms with Gasteiger partial charge in [-0.1, -0.05) is 37.6 Å². The first kappa shape index (κ1) is 18.1. The monoisotopic (exact) mass is 365 g/mol. The van der Waals surface area contributed by atoms with Crippen LogP contribution in [-0.2, 0) is 4.79 Å². The zero-order chi connectivity index (χ0) is 19.0. The van der Waals surface area contributed by atoms with E-state index in [9.17, 15) is 4.79 Å². The third-order valence-electron chi connectivity index (χ3n) is 6.42. The molecule has 1 aliphatic carbocycles. The van der Waals surface area contributed by atoms with Crippen molar-refractivity contribution in [1.29, 1.82) is 0 Å². The first-order valence-corrected chi connectivity index (χ1v) is 9.65. The molecule has 142 valence electrons. The number of hydrogen-bond donors (Lipinski definition) is 1. The molecular weight excluding hydrogens is 338 g/mol. The van der Waals surface area contributed by atoms with Crippen LogP contribution >= 0.6 is 0 Å². The van der Waals surface area contributed by atoms with E-state index in [1.807, 2.05) is 24.3 Å². The van der Waals surface area contributed by atoms with Gasteiger partial charge in [0.05, 0.1) is 14.2 Å². The second kappa shape index (κ2) is 7.01. The summed E-state index contributed by atoms with van der Waals surface area (Å²) in [5.74, 6) is 2.10. The molecule has 2 fully saturated rings. The van der Waals surface area contributed by atoms with Gasteiger partial charge in [-0.25, -0.2) is 0 Å². The number of hydrogen-bond acceptors (Lipinski definition) is 4. The van der Waals surface area contributed by atoms with Crippen molar-refractivity contribution in [2.45, 2.75) is 38.3 Å². The first-order valence-electron chi connectivity index (χ1n) is 9.65. The molecule has 0 amide bonds. The van der Waals surface area contributed by atoms with E-state index in [2.05, 4.69) is 36.5 Å². The van der Waals surface area contributed by atoms with Crippen molar-refractivity contribution < 1.29 is 14.3 Å². The van der Waals surface area contributed by atoms with Crippen LogP contribution in [-0.4, -0.2) is 20.0 Å². The van der Waals surface area contributed by atoms with Crippen molar-refractivity contribution in [3.8, 4) is 11.5 Å². The van der Waals surface area contributed by atoms with Gasteiger partial charge in [0.15, 0.2) is 0 Å². The van der Waals surface area contributed by atoms with E-state index in [1.165, 1.54) is 0 Å². The Balaban J connectivity index is 1.72. The third kappa shape index (κ3) is 3.02. The maximum Gasteiger partial charge on any atom is 0.145 e. The highest BCUT2D eigenvalue weighted by molar-refractivity contribution is 5.90. The number of piperidine rings is 1. The lowest BCUT2D eigenvalue weighted by atomic mass is 9.59. The lowest BCUT2D eigenvalue weighted by Gasteiger charge is -2.51. The molecule has 4 nitrogen and oxygen atoms in total. The summed E-state index contributed by atoms with van der Waals surface area (Å²) >= 11 is 0. The smallest absolute Gasteiger partial charge is 0.145 e. The van der Waals surface area contributed by atoms with Crippen molar-refractivity contribution in [2.24, 2.45) is 11.3 Å². The maximum atomic E-state index is 13.5. The Labute approximate surface area is 160 Å². The van der Waals surface area contributed by atoms with Gasteiger partial charge in [0.25, 0.3) is 0 Å². The molecule has 4 heteroatoms. The quantitative estimate of drug-likeness (QED) is 0.869. The number of ketones is 1. The van der Waals surface area contributed by atoms with E-state index >= 15 is 0 Å². The number of methoxy groups -OCH3 is 2. The van der Waals surface area contributed by atoms with Crippen molar-refractivity contribution in [3.05, 3.63) is 59.7 Å². The van der Waals surface area contributed by atoms with E-state index in [4.69, 9.17) is 9.47 Å². The van der Waals surface area contributed by atoms with Gasteiger partial charge < -0.3 is 14.8 Å². The van der Waals surface area contributed by atoms with E-state index in [-0.39, 0.29) is 23.4 Å². The maximum absolute atomic E-state index is 13.5. The van der Waals surface area contributed by atoms with Crippen LogP contribution in [0.5, 0.6) is 11.5 Å². The summed E-state index contributed by atoms with van der Waals surface area (Å²) < 4.78 is 10.6. The minimum Gasteiger partial charge on any atom is -0.497 e. The highest BCUT2D eigenvalue weighted by atomic mass is 16.5. The lowest BCUT2D eigenvalue weighted by molar-refractivity contribution is -0.144. The normalized spacial score (nSPS) is 30.0. The molecule has 1 N–H and O–H groups in total. The van der Waals surface area contributed by atoms with Crippen LogP contribution in [0, 0.1) is 11.3 Å². The molecule has 1 heterocycles. The van der Waals surface area contributed by atoms with Gasteiger partial charge in [-0.2, -0.15) is 0 Å². The molecule has 0 radical (unpaired) electrons. The standard InChI is InChI=1S/C23H27NO3/c1-23-14-4-5-19(22(23)25)20(15-6-10-17(26-2)11-7-15)24-21(23)16-8-12-18(27-3)13-9-16/h6-13,19-21,24H,4-5,14H2,1-3H3/t19-,20+,21-,23+/m1/s1. The summed E-state index contributed by atoms with van der Waals surface area (Å²) in [5, 5.41) is 3.83. The van der Waals surface area contributed by atoms with Gasteiger partial charge in [0.1, 0.15) is 17.3 Å². The number of carbonyl (C=O) groups is 1. The highest BCUT2D eigenvalue weighted by Gasteiger charge is 2.54. The topological polar surface area (TPSA) is 47.6 Å². The fourth-order valence-electron chi connectivity index (χ4n) is 4.85. The van der Waals surface area contributed by atoms with Gasteiger partial charge >= 0.3 is 0 Å². The molecule has 0 spiro atoms. The Hall–Kier alpha value is -2.33. The summed E-state index contributed by atoms with van der Waals surface area (Å²) in [7, 11) is 3.34. The molecule has 0 aromatic heterocycles. The first-order chi connectivity index (χ1) is 13.1. The van der Waals surface area contributed by atoms with E-state index in [0.29, 0.717) is 5.78 Å². The predicted molar refractivity (Wildman–Crippen MR) is 105 cm³/mol. The summed E-state index contributed by atoms with van der Waals surface area (Å²) in [6.07, 6.45) is 2.97. The molecule has 2 bridgehead atoms. The third-order valence-corrected chi connectivity index (χ3v) is 6.42. The van der Waals surface area contributed by atoms with Crippen LogP contribution in [0.3, 0.4) is 0 Å². The second-order valence-electron chi connectivity index (χ2n) is 7.90. The Morgan fingerprint density at radius 3 is 2.04 bits per heavy atom. The van der Waals surface area contributed by atoms with Crippen LogP contribution in [0.1, 0.15) is 49.4 Å². The number of ether oxygens (including phenoxy) is 2. The minimum atomic E-state index is -0.361.